The van der Waals surface area contributed by atoms with Crippen molar-refractivity contribution in [1.82, 2.24) is 5.32 Å². The van der Waals surface area contributed by atoms with Crippen LogP contribution in [-0.4, -0.2) is 24.5 Å². The summed E-state index contributed by atoms with van der Waals surface area (Å²) < 4.78 is 18.4. The van der Waals surface area contributed by atoms with E-state index in [1.54, 1.807) is 6.92 Å². The number of amides is 1. The fourth-order valence-electron chi connectivity index (χ4n) is 1.45. The van der Waals surface area contributed by atoms with Gasteiger partial charge < -0.3 is 10.1 Å². The van der Waals surface area contributed by atoms with Gasteiger partial charge in [-0.2, -0.15) is 0 Å². The molecule has 0 fully saturated rings. The van der Waals surface area contributed by atoms with Crippen molar-refractivity contribution in [1.29, 1.82) is 0 Å². The first kappa shape index (κ1) is 16.1. The third-order valence-corrected chi connectivity index (χ3v) is 2.75. The zero-order chi connectivity index (χ0) is 15.3. The summed E-state index contributed by atoms with van der Waals surface area (Å²) in [6, 6.07) is 4.07. The summed E-state index contributed by atoms with van der Waals surface area (Å²) in [5.74, 6) is -1.24. The number of ether oxygens (including phenoxy) is 1. The Bertz CT molecular complexity index is 500. The highest BCUT2D eigenvalue weighted by atomic mass is 19.1. The molecule has 0 heterocycles. The van der Waals surface area contributed by atoms with Crippen LogP contribution in [0.25, 0.3) is 0 Å². The second-order valence-corrected chi connectivity index (χ2v) is 5.15. The number of hydrogen-bond donors (Lipinski definition) is 1. The van der Waals surface area contributed by atoms with Crippen LogP contribution >= 0.6 is 0 Å². The van der Waals surface area contributed by atoms with E-state index in [0.717, 1.165) is 6.07 Å². The van der Waals surface area contributed by atoms with E-state index < -0.39 is 17.9 Å². The summed E-state index contributed by atoms with van der Waals surface area (Å²) in [7, 11) is 0. The van der Waals surface area contributed by atoms with Gasteiger partial charge in [0, 0.05) is 6.54 Å². The lowest BCUT2D eigenvalue weighted by Gasteiger charge is -2.14. The van der Waals surface area contributed by atoms with Gasteiger partial charge in [0.15, 0.2) is 6.10 Å². The third kappa shape index (κ3) is 4.64. The van der Waals surface area contributed by atoms with Crippen LogP contribution in [0.1, 0.15) is 36.7 Å². The van der Waals surface area contributed by atoms with Crippen molar-refractivity contribution in [2.45, 2.75) is 33.8 Å². The fraction of sp³-hybridized carbons (Fsp3) is 0.467. The molecule has 110 valence electrons. The Labute approximate surface area is 118 Å². The quantitative estimate of drug-likeness (QED) is 0.843. The van der Waals surface area contributed by atoms with Crippen molar-refractivity contribution in [2.75, 3.05) is 6.54 Å². The molecule has 1 N–H and O–H groups in total. The van der Waals surface area contributed by atoms with Crippen LogP contribution in [0.15, 0.2) is 18.2 Å². The van der Waals surface area contributed by atoms with E-state index in [9.17, 15) is 14.0 Å². The summed E-state index contributed by atoms with van der Waals surface area (Å²) in [4.78, 5) is 23.5. The van der Waals surface area contributed by atoms with Crippen LogP contribution in [0.2, 0.25) is 0 Å². The van der Waals surface area contributed by atoms with Crippen molar-refractivity contribution in [3.05, 3.63) is 35.1 Å². The zero-order valence-corrected chi connectivity index (χ0v) is 12.2. The van der Waals surface area contributed by atoms with E-state index >= 15 is 0 Å². The topological polar surface area (TPSA) is 55.4 Å². The number of rotatable bonds is 5. The first-order chi connectivity index (χ1) is 9.31. The highest BCUT2D eigenvalue weighted by molar-refractivity contribution is 5.92. The van der Waals surface area contributed by atoms with Crippen molar-refractivity contribution < 1.29 is 18.7 Å². The number of hydrogen-bond acceptors (Lipinski definition) is 3. The Kier molecular flexibility index (Phi) is 5.67. The predicted molar refractivity (Wildman–Crippen MR) is 73.9 cm³/mol. The molecule has 0 aliphatic carbocycles. The van der Waals surface area contributed by atoms with Gasteiger partial charge in [-0.1, -0.05) is 19.9 Å². The minimum atomic E-state index is -0.911. The number of benzene rings is 1. The van der Waals surface area contributed by atoms with E-state index in [2.05, 4.69) is 5.32 Å². The van der Waals surface area contributed by atoms with Gasteiger partial charge in [0.1, 0.15) is 5.82 Å². The Morgan fingerprint density at radius 2 is 1.95 bits per heavy atom. The van der Waals surface area contributed by atoms with Gasteiger partial charge >= 0.3 is 5.97 Å². The maximum absolute atomic E-state index is 13.4. The molecule has 1 rings (SSSR count). The number of carbonyl (C=O) groups excluding carboxylic acids is 2. The summed E-state index contributed by atoms with van der Waals surface area (Å²) in [5.41, 5.74) is 0.542. The summed E-state index contributed by atoms with van der Waals surface area (Å²) in [6.07, 6.45) is -0.911. The second kappa shape index (κ2) is 7.03. The van der Waals surface area contributed by atoms with E-state index in [1.165, 1.54) is 19.1 Å². The molecule has 1 atom stereocenters. The molecule has 0 aromatic heterocycles. The van der Waals surface area contributed by atoms with E-state index in [-0.39, 0.29) is 11.5 Å². The number of carbonyl (C=O) groups is 2. The second-order valence-electron chi connectivity index (χ2n) is 5.15. The summed E-state index contributed by atoms with van der Waals surface area (Å²) in [5, 5.41) is 2.67. The minimum Gasteiger partial charge on any atom is -0.449 e. The Hall–Kier alpha value is -1.91. The van der Waals surface area contributed by atoms with Gasteiger partial charge in [0.2, 0.25) is 0 Å². The van der Waals surface area contributed by atoms with Crippen LogP contribution in [-0.2, 0) is 9.53 Å². The maximum atomic E-state index is 13.4. The van der Waals surface area contributed by atoms with Crippen LogP contribution in [0.3, 0.4) is 0 Å². The highest BCUT2D eigenvalue weighted by Gasteiger charge is 2.19. The van der Waals surface area contributed by atoms with Gasteiger partial charge in [-0.05, 0) is 37.5 Å². The first-order valence-corrected chi connectivity index (χ1v) is 6.56. The molecule has 0 unspecified atom stereocenters. The van der Waals surface area contributed by atoms with Gasteiger partial charge in [-0.25, -0.2) is 9.18 Å². The van der Waals surface area contributed by atoms with Crippen LogP contribution in [0.4, 0.5) is 4.39 Å². The molecule has 0 radical (unpaired) electrons. The molecule has 0 bridgehead atoms. The number of nitrogens with one attached hydrogen (secondary N) is 1. The van der Waals surface area contributed by atoms with Crippen LogP contribution in [0.5, 0.6) is 0 Å². The van der Waals surface area contributed by atoms with Gasteiger partial charge in [0.05, 0.1) is 5.56 Å². The maximum Gasteiger partial charge on any atom is 0.339 e. The lowest BCUT2D eigenvalue weighted by Crippen LogP contribution is -2.37. The number of halogens is 1. The monoisotopic (exact) mass is 281 g/mol. The molecule has 0 spiro atoms. The molecule has 0 saturated heterocycles. The van der Waals surface area contributed by atoms with Gasteiger partial charge in [0.25, 0.3) is 5.91 Å². The molecule has 5 heteroatoms. The molecule has 4 nitrogen and oxygen atoms in total. The largest absolute Gasteiger partial charge is 0.449 e. The first-order valence-electron chi connectivity index (χ1n) is 6.56. The third-order valence-electron chi connectivity index (χ3n) is 2.75. The molecule has 1 amide bonds. The zero-order valence-electron chi connectivity index (χ0n) is 12.2. The lowest BCUT2D eigenvalue weighted by molar-refractivity contribution is -0.129. The molecule has 0 aliphatic rings. The van der Waals surface area contributed by atoms with Gasteiger partial charge in [-0.15, -0.1) is 0 Å². The minimum absolute atomic E-state index is 0.0941. The van der Waals surface area contributed by atoms with E-state index in [1.807, 2.05) is 13.8 Å². The molecular weight excluding hydrogens is 261 g/mol. The molecule has 1 aromatic rings. The lowest BCUT2D eigenvalue weighted by atomic mass is 10.1. The summed E-state index contributed by atoms with van der Waals surface area (Å²) >= 11 is 0. The van der Waals surface area contributed by atoms with Crippen molar-refractivity contribution in [3.63, 3.8) is 0 Å². The average molecular weight is 281 g/mol. The summed E-state index contributed by atoms with van der Waals surface area (Å²) in [6.45, 7) is 7.53. The Morgan fingerprint density at radius 1 is 1.30 bits per heavy atom. The van der Waals surface area contributed by atoms with E-state index in [0.29, 0.717) is 18.0 Å². The normalized spacial score (nSPS) is 12.1. The van der Waals surface area contributed by atoms with E-state index in [4.69, 9.17) is 4.74 Å². The number of aryl methyl sites for hydroxylation is 1. The van der Waals surface area contributed by atoms with Crippen LogP contribution < -0.4 is 5.32 Å². The highest BCUT2D eigenvalue weighted by Crippen LogP contribution is 2.11. The van der Waals surface area contributed by atoms with Crippen LogP contribution in [0, 0.1) is 18.7 Å². The predicted octanol–water partition coefficient (Wildman–Crippen LogP) is 2.45. The smallest absolute Gasteiger partial charge is 0.339 e. The molecule has 0 saturated carbocycles. The average Bonchev–Trinajstić information content (AvgIpc) is 2.38. The SMILES string of the molecule is Cc1ccc(C(=O)O[C@@H](C)C(=O)NCC(C)C)cc1F. The van der Waals surface area contributed by atoms with Crippen molar-refractivity contribution in [2.24, 2.45) is 5.92 Å². The standard InChI is InChI=1S/C15H20FNO3/c1-9(2)8-17-14(18)11(4)20-15(19)12-6-5-10(3)13(16)7-12/h5-7,9,11H,8H2,1-4H3,(H,17,18)/t11-/m0/s1. The van der Waals surface area contributed by atoms with Gasteiger partial charge in [-0.3, -0.25) is 4.79 Å². The molecule has 1 aromatic carbocycles. The fourth-order valence-corrected chi connectivity index (χ4v) is 1.45. The molecular formula is C15H20FNO3. The molecule has 0 aliphatic heterocycles. The Balaban J connectivity index is 2.60. The number of esters is 1. The van der Waals surface area contributed by atoms with Crippen molar-refractivity contribution >= 4 is 11.9 Å². The molecule has 20 heavy (non-hydrogen) atoms. The Morgan fingerprint density at radius 3 is 2.50 bits per heavy atom. The van der Waals surface area contributed by atoms with Crippen molar-refractivity contribution in [3.8, 4) is 0 Å².